The minimum Gasteiger partial charge on any atom is -0.384 e. The second-order valence-electron chi connectivity index (χ2n) is 8.52. The third-order valence-electron chi connectivity index (χ3n) is 6.07. The van der Waals surface area contributed by atoms with E-state index in [1.54, 1.807) is 28.8 Å². The van der Waals surface area contributed by atoms with Crippen LogP contribution in [0.15, 0.2) is 82.6 Å². The Morgan fingerprint density at radius 3 is 2.18 bits per heavy atom. The Morgan fingerprint density at radius 1 is 0.882 bits per heavy atom. The molecule has 0 bridgehead atoms. The van der Waals surface area contributed by atoms with E-state index < -0.39 is 9.84 Å². The van der Waals surface area contributed by atoms with Gasteiger partial charge in [-0.25, -0.2) is 18.4 Å². The zero-order valence-electron chi connectivity index (χ0n) is 19.2. The standard InChI is InChI=1S/C27H26N4O2S/c1-3-4-7-19-12-14-20(15-13-19)31-26(28)25(34(32,33)21-16-10-18(2)11-17-21)24-27(31)30-23-9-6-5-8-22(23)29-24/h5-6,8-17H,3-4,7,28H2,1-2H3. The highest BCUT2D eigenvalue weighted by Crippen LogP contribution is 2.37. The van der Waals surface area contributed by atoms with Crippen molar-refractivity contribution in [1.29, 1.82) is 0 Å². The Kier molecular flexibility index (Phi) is 5.57. The lowest BCUT2D eigenvalue weighted by molar-refractivity contribution is 0.597. The zero-order chi connectivity index (χ0) is 23.9. The Hall–Kier alpha value is -3.71. The average Bonchev–Trinajstić information content (AvgIpc) is 3.13. The molecule has 0 aliphatic rings. The normalized spacial score (nSPS) is 11.9. The van der Waals surface area contributed by atoms with Crippen LogP contribution in [0.5, 0.6) is 0 Å². The van der Waals surface area contributed by atoms with E-state index in [-0.39, 0.29) is 21.1 Å². The van der Waals surface area contributed by atoms with Crippen LogP contribution in [0.2, 0.25) is 0 Å². The number of sulfone groups is 1. The van der Waals surface area contributed by atoms with E-state index in [4.69, 9.17) is 15.7 Å². The molecule has 0 saturated carbocycles. The number of aromatic nitrogens is 3. The Bertz CT molecular complexity index is 1600. The van der Waals surface area contributed by atoms with Crippen LogP contribution in [0.25, 0.3) is 27.9 Å². The first-order valence-electron chi connectivity index (χ1n) is 11.4. The molecule has 0 saturated heterocycles. The summed E-state index contributed by atoms with van der Waals surface area (Å²) in [5.74, 6) is 0.104. The van der Waals surface area contributed by atoms with Crippen molar-refractivity contribution in [3.05, 3.63) is 83.9 Å². The minimum atomic E-state index is -3.94. The molecule has 172 valence electrons. The molecule has 7 heteroatoms. The smallest absolute Gasteiger partial charge is 0.212 e. The number of anilines is 1. The Morgan fingerprint density at radius 2 is 1.53 bits per heavy atom. The van der Waals surface area contributed by atoms with Crippen LogP contribution in [-0.2, 0) is 16.3 Å². The highest BCUT2D eigenvalue weighted by molar-refractivity contribution is 7.92. The van der Waals surface area contributed by atoms with E-state index in [0.29, 0.717) is 16.7 Å². The van der Waals surface area contributed by atoms with Crippen molar-refractivity contribution >= 4 is 37.9 Å². The lowest BCUT2D eigenvalue weighted by Crippen LogP contribution is -2.07. The quantitative estimate of drug-likeness (QED) is 0.347. The van der Waals surface area contributed by atoms with Gasteiger partial charge in [-0.1, -0.05) is 55.3 Å². The summed E-state index contributed by atoms with van der Waals surface area (Å²) in [6.45, 7) is 4.08. The molecule has 0 aliphatic carbocycles. The summed E-state index contributed by atoms with van der Waals surface area (Å²) in [5.41, 5.74) is 11.5. The van der Waals surface area contributed by atoms with E-state index in [1.165, 1.54) is 5.56 Å². The topological polar surface area (TPSA) is 90.9 Å². The van der Waals surface area contributed by atoms with E-state index in [0.717, 1.165) is 30.5 Å². The van der Waals surface area contributed by atoms with Gasteiger partial charge in [-0.15, -0.1) is 0 Å². The van der Waals surface area contributed by atoms with Gasteiger partial charge in [0.05, 0.1) is 15.9 Å². The number of benzene rings is 3. The number of nitrogen functional groups attached to an aromatic ring is 1. The fraction of sp³-hybridized carbons (Fsp3) is 0.185. The van der Waals surface area contributed by atoms with Crippen molar-refractivity contribution in [3.8, 4) is 5.69 Å². The molecule has 0 aliphatic heterocycles. The van der Waals surface area contributed by atoms with Gasteiger partial charge in [0.1, 0.15) is 16.2 Å². The summed E-state index contributed by atoms with van der Waals surface area (Å²) in [4.78, 5) is 9.65. The van der Waals surface area contributed by atoms with Crippen molar-refractivity contribution in [2.24, 2.45) is 0 Å². The van der Waals surface area contributed by atoms with Gasteiger partial charge in [-0.3, -0.25) is 4.57 Å². The van der Waals surface area contributed by atoms with Crippen molar-refractivity contribution in [2.45, 2.75) is 42.9 Å². The number of rotatable bonds is 6. The summed E-state index contributed by atoms with van der Waals surface area (Å²) < 4.78 is 29.2. The van der Waals surface area contributed by atoms with E-state index in [9.17, 15) is 8.42 Å². The first-order valence-corrected chi connectivity index (χ1v) is 12.9. The molecule has 0 spiro atoms. The predicted octanol–water partition coefficient (Wildman–Crippen LogP) is 5.64. The number of hydrogen-bond acceptors (Lipinski definition) is 5. The molecule has 2 N–H and O–H groups in total. The predicted molar refractivity (Wildman–Crippen MR) is 136 cm³/mol. The molecule has 5 aromatic rings. The molecule has 0 unspecified atom stereocenters. The van der Waals surface area contributed by atoms with Crippen LogP contribution in [0.1, 0.15) is 30.9 Å². The number of fused-ring (bicyclic) bond motifs is 2. The molecule has 6 nitrogen and oxygen atoms in total. The van der Waals surface area contributed by atoms with Crippen molar-refractivity contribution in [1.82, 2.24) is 14.5 Å². The van der Waals surface area contributed by atoms with E-state index in [2.05, 4.69) is 19.1 Å². The maximum absolute atomic E-state index is 13.8. The molecule has 3 aromatic carbocycles. The highest BCUT2D eigenvalue weighted by Gasteiger charge is 2.30. The van der Waals surface area contributed by atoms with Gasteiger partial charge < -0.3 is 5.73 Å². The monoisotopic (exact) mass is 470 g/mol. The van der Waals surface area contributed by atoms with Gasteiger partial charge >= 0.3 is 0 Å². The Balaban J connectivity index is 1.78. The third-order valence-corrected chi connectivity index (χ3v) is 7.90. The van der Waals surface area contributed by atoms with Crippen molar-refractivity contribution in [3.63, 3.8) is 0 Å². The summed E-state index contributed by atoms with van der Waals surface area (Å²) >= 11 is 0. The van der Waals surface area contributed by atoms with Crippen LogP contribution >= 0.6 is 0 Å². The SMILES string of the molecule is CCCCc1ccc(-n2c(N)c(S(=O)(=O)c3ccc(C)cc3)c3nc4ccccc4nc32)cc1. The van der Waals surface area contributed by atoms with E-state index >= 15 is 0 Å². The lowest BCUT2D eigenvalue weighted by atomic mass is 10.1. The van der Waals surface area contributed by atoms with Crippen LogP contribution in [0.4, 0.5) is 5.82 Å². The van der Waals surface area contributed by atoms with Crippen LogP contribution < -0.4 is 5.73 Å². The first kappa shape index (κ1) is 22.1. The number of nitrogens with zero attached hydrogens (tertiary/aromatic N) is 3. The molecule has 0 fully saturated rings. The summed E-state index contributed by atoms with van der Waals surface area (Å²) in [7, 11) is -3.94. The molecule has 0 amide bonds. The number of unbranched alkanes of at least 4 members (excludes halogenated alkanes) is 1. The highest BCUT2D eigenvalue weighted by atomic mass is 32.2. The number of nitrogens with two attached hydrogens (primary N) is 1. The fourth-order valence-electron chi connectivity index (χ4n) is 4.19. The van der Waals surface area contributed by atoms with Gasteiger partial charge in [0.15, 0.2) is 5.65 Å². The molecule has 0 radical (unpaired) electrons. The molecular formula is C27H26N4O2S. The van der Waals surface area contributed by atoms with E-state index in [1.807, 2.05) is 43.3 Å². The van der Waals surface area contributed by atoms with Gasteiger partial charge in [0.25, 0.3) is 0 Å². The van der Waals surface area contributed by atoms with Crippen LogP contribution in [0.3, 0.4) is 0 Å². The van der Waals surface area contributed by atoms with Gasteiger partial charge in [0.2, 0.25) is 9.84 Å². The molecule has 0 atom stereocenters. The van der Waals surface area contributed by atoms with Gasteiger partial charge in [0, 0.05) is 5.69 Å². The summed E-state index contributed by atoms with van der Waals surface area (Å²) in [6.07, 6.45) is 3.24. The second-order valence-corrected chi connectivity index (χ2v) is 10.4. The maximum Gasteiger partial charge on any atom is 0.212 e. The first-order chi connectivity index (χ1) is 16.4. The van der Waals surface area contributed by atoms with Crippen molar-refractivity contribution in [2.75, 3.05) is 5.73 Å². The van der Waals surface area contributed by atoms with Gasteiger partial charge in [-0.05, 0) is 61.7 Å². The molecular weight excluding hydrogens is 444 g/mol. The number of hydrogen-bond donors (Lipinski definition) is 1. The summed E-state index contributed by atoms with van der Waals surface area (Å²) in [5, 5.41) is 0. The van der Waals surface area contributed by atoms with Gasteiger partial charge in [-0.2, -0.15) is 0 Å². The van der Waals surface area contributed by atoms with Crippen LogP contribution in [0, 0.1) is 6.92 Å². The molecule has 34 heavy (non-hydrogen) atoms. The Labute approximate surface area is 199 Å². The maximum atomic E-state index is 13.8. The largest absolute Gasteiger partial charge is 0.384 e. The summed E-state index contributed by atoms with van der Waals surface area (Å²) in [6, 6.07) is 22.2. The number of para-hydroxylation sites is 2. The second kappa shape index (κ2) is 8.57. The zero-order valence-corrected chi connectivity index (χ0v) is 20.0. The van der Waals surface area contributed by atoms with Crippen molar-refractivity contribution < 1.29 is 8.42 Å². The lowest BCUT2D eigenvalue weighted by Gasteiger charge is -2.09. The minimum absolute atomic E-state index is 0.0142. The van der Waals surface area contributed by atoms with Crippen LogP contribution in [-0.4, -0.2) is 23.0 Å². The molecule has 5 rings (SSSR count). The molecule has 2 aromatic heterocycles. The molecule has 2 heterocycles. The third kappa shape index (κ3) is 3.72. The average molecular weight is 471 g/mol. The number of aryl methyl sites for hydroxylation is 2. The fourth-order valence-corrected chi connectivity index (χ4v) is 5.68.